The maximum atomic E-state index is 11.8. The highest BCUT2D eigenvalue weighted by atomic mass is 16.5. The van der Waals surface area contributed by atoms with Crippen LogP contribution in [0.15, 0.2) is 18.2 Å². The number of ether oxygens (including phenoxy) is 1. The molecule has 0 unspecified atom stereocenters. The van der Waals surface area contributed by atoms with E-state index in [1.54, 1.807) is 13.8 Å². The van der Waals surface area contributed by atoms with Gasteiger partial charge in [-0.2, -0.15) is 0 Å². The van der Waals surface area contributed by atoms with Gasteiger partial charge >= 0.3 is 5.97 Å². The second-order valence-corrected chi connectivity index (χ2v) is 5.86. The van der Waals surface area contributed by atoms with Crippen LogP contribution >= 0.6 is 0 Å². The summed E-state index contributed by atoms with van der Waals surface area (Å²) in [6, 6.07) is 6.03. The molecule has 7 heteroatoms. The first kappa shape index (κ1) is 16.8. The fourth-order valence-electron chi connectivity index (χ4n) is 2.72. The number of fused-ring (bicyclic) bond motifs is 1. The Balaban J connectivity index is 1.99. The maximum Gasteiger partial charge on any atom is 0.341 e. The molecule has 0 spiro atoms. The number of carbonyl (C=O) groups is 1. The van der Waals surface area contributed by atoms with Crippen LogP contribution in [0.1, 0.15) is 33.0 Å². The quantitative estimate of drug-likeness (QED) is 0.734. The highest BCUT2D eigenvalue weighted by Crippen LogP contribution is 2.21. The SMILES string of the molecule is COC(=O)c1c(C)nc(Nc2nc(C)c3cc(C)ccc3n2)nc1C. The summed E-state index contributed by atoms with van der Waals surface area (Å²) in [5.41, 5.74) is 4.33. The Kier molecular flexibility index (Phi) is 4.31. The lowest BCUT2D eigenvalue weighted by molar-refractivity contribution is 0.0598. The molecule has 3 aromatic rings. The van der Waals surface area contributed by atoms with Crippen molar-refractivity contribution in [3.63, 3.8) is 0 Å². The lowest BCUT2D eigenvalue weighted by Gasteiger charge is -2.11. The summed E-state index contributed by atoms with van der Waals surface area (Å²) in [5, 5.41) is 4.03. The van der Waals surface area contributed by atoms with Gasteiger partial charge in [0.15, 0.2) is 0 Å². The lowest BCUT2D eigenvalue weighted by Crippen LogP contribution is -2.12. The molecule has 0 radical (unpaired) electrons. The summed E-state index contributed by atoms with van der Waals surface area (Å²) in [6.07, 6.45) is 0. The van der Waals surface area contributed by atoms with E-state index in [4.69, 9.17) is 4.74 Å². The molecule has 0 atom stereocenters. The zero-order valence-electron chi connectivity index (χ0n) is 14.8. The predicted octanol–water partition coefficient (Wildman–Crippen LogP) is 3.18. The molecule has 0 bridgehead atoms. The number of esters is 1. The molecule has 2 heterocycles. The van der Waals surface area contributed by atoms with Gasteiger partial charge in [0, 0.05) is 5.39 Å². The van der Waals surface area contributed by atoms with E-state index >= 15 is 0 Å². The maximum absolute atomic E-state index is 11.8. The number of hydrogen-bond acceptors (Lipinski definition) is 7. The fraction of sp³-hybridized carbons (Fsp3) is 0.278. The van der Waals surface area contributed by atoms with Crippen molar-refractivity contribution < 1.29 is 9.53 Å². The number of anilines is 2. The number of methoxy groups -OCH3 is 1. The van der Waals surface area contributed by atoms with Gasteiger partial charge in [-0.1, -0.05) is 11.6 Å². The van der Waals surface area contributed by atoms with Crippen molar-refractivity contribution in [2.75, 3.05) is 12.4 Å². The van der Waals surface area contributed by atoms with Gasteiger partial charge in [0.05, 0.1) is 29.7 Å². The van der Waals surface area contributed by atoms with E-state index in [-0.39, 0.29) is 0 Å². The topological polar surface area (TPSA) is 89.9 Å². The predicted molar refractivity (Wildman–Crippen MR) is 95.1 cm³/mol. The first-order chi connectivity index (χ1) is 11.9. The van der Waals surface area contributed by atoms with Gasteiger partial charge in [0.1, 0.15) is 5.56 Å². The molecule has 1 aromatic carbocycles. The van der Waals surface area contributed by atoms with E-state index in [0.29, 0.717) is 28.8 Å². The van der Waals surface area contributed by atoms with Crippen molar-refractivity contribution in [2.24, 2.45) is 0 Å². The Hall–Kier alpha value is -3.09. The smallest absolute Gasteiger partial charge is 0.341 e. The van der Waals surface area contributed by atoms with E-state index in [1.165, 1.54) is 7.11 Å². The average Bonchev–Trinajstić information content (AvgIpc) is 2.54. The average molecular weight is 337 g/mol. The standard InChI is InChI=1S/C18H19N5O2/c1-9-6-7-14-13(8-9)10(2)19-18(22-14)23-17-20-11(3)15(12(4)21-17)16(24)25-5/h6-8H,1-5H3,(H,19,20,21,22,23). The molecule has 1 N–H and O–H groups in total. The zero-order valence-corrected chi connectivity index (χ0v) is 14.8. The third-order valence-electron chi connectivity index (χ3n) is 3.93. The molecule has 0 fully saturated rings. The number of hydrogen-bond donors (Lipinski definition) is 1. The van der Waals surface area contributed by atoms with Crippen LogP contribution in [0.3, 0.4) is 0 Å². The highest BCUT2D eigenvalue weighted by Gasteiger charge is 2.17. The van der Waals surface area contributed by atoms with Crippen molar-refractivity contribution in [3.8, 4) is 0 Å². The van der Waals surface area contributed by atoms with Crippen molar-refractivity contribution in [2.45, 2.75) is 27.7 Å². The van der Waals surface area contributed by atoms with Crippen molar-refractivity contribution in [1.82, 2.24) is 19.9 Å². The monoisotopic (exact) mass is 337 g/mol. The van der Waals surface area contributed by atoms with Crippen LogP contribution in [-0.2, 0) is 4.74 Å². The second kappa shape index (κ2) is 6.43. The Labute approximate surface area is 145 Å². The van der Waals surface area contributed by atoms with Crippen molar-refractivity contribution in [1.29, 1.82) is 0 Å². The van der Waals surface area contributed by atoms with Crippen LogP contribution in [0.2, 0.25) is 0 Å². The molecule has 2 aromatic heterocycles. The summed E-state index contributed by atoms with van der Waals surface area (Å²) >= 11 is 0. The molecule has 25 heavy (non-hydrogen) atoms. The van der Waals surface area contributed by atoms with Crippen LogP contribution in [0.25, 0.3) is 10.9 Å². The minimum Gasteiger partial charge on any atom is -0.465 e. The van der Waals surface area contributed by atoms with Crippen LogP contribution in [0, 0.1) is 27.7 Å². The third-order valence-corrected chi connectivity index (χ3v) is 3.93. The largest absolute Gasteiger partial charge is 0.465 e. The van der Waals surface area contributed by atoms with E-state index in [2.05, 4.69) is 31.3 Å². The molecular weight excluding hydrogens is 318 g/mol. The number of carbonyl (C=O) groups excluding carboxylic acids is 1. The Morgan fingerprint density at radius 3 is 2.16 bits per heavy atom. The lowest BCUT2D eigenvalue weighted by atomic mass is 10.1. The molecule has 0 aliphatic heterocycles. The second-order valence-electron chi connectivity index (χ2n) is 5.86. The fourth-order valence-corrected chi connectivity index (χ4v) is 2.72. The Morgan fingerprint density at radius 2 is 1.52 bits per heavy atom. The van der Waals surface area contributed by atoms with Gasteiger partial charge in [-0.25, -0.2) is 24.7 Å². The van der Waals surface area contributed by atoms with Gasteiger partial charge in [-0.05, 0) is 39.8 Å². The number of rotatable bonds is 3. The zero-order chi connectivity index (χ0) is 18.1. The molecule has 0 amide bonds. The summed E-state index contributed by atoms with van der Waals surface area (Å²) < 4.78 is 4.77. The van der Waals surface area contributed by atoms with Gasteiger partial charge in [0.2, 0.25) is 11.9 Å². The van der Waals surface area contributed by atoms with Crippen LogP contribution in [-0.4, -0.2) is 33.0 Å². The summed E-state index contributed by atoms with van der Waals surface area (Å²) in [6.45, 7) is 7.45. The first-order valence-corrected chi connectivity index (χ1v) is 7.84. The van der Waals surface area contributed by atoms with Gasteiger partial charge in [-0.3, -0.25) is 5.32 Å². The Bertz CT molecular complexity index is 962. The summed E-state index contributed by atoms with van der Waals surface area (Å²) in [7, 11) is 1.33. The molecular formula is C18H19N5O2. The van der Waals surface area contributed by atoms with E-state index < -0.39 is 5.97 Å². The number of aromatic nitrogens is 4. The van der Waals surface area contributed by atoms with Crippen LogP contribution in [0.4, 0.5) is 11.9 Å². The number of nitrogens with zero attached hydrogens (tertiary/aromatic N) is 4. The third kappa shape index (κ3) is 3.26. The first-order valence-electron chi connectivity index (χ1n) is 7.84. The molecule has 0 saturated carbocycles. The van der Waals surface area contributed by atoms with Gasteiger partial charge < -0.3 is 4.74 Å². The van der Waals surface area contributed by atoms with Crippen LogP contribution in [0.5, 0.6) is 0 Å². The Morgan fingerprint density at radius 1 is 0.920 bits per heavy atom. The molecule has 7 nitrogen and oxygen atoms in total. The summed E-state index contributed by atoms with van der Waals surface area (Å²) in [5.74, 6) is 0.307. The van der Waals surface area contributed by atoms with Crippen molar-refractivity contribution >= 4 is 28.8 Å². The van der Waals surface area contributed by atoms with E-state index in [1.807, 2.05) is 26.0 Å². The van der Waals surface area contributed by atoms with Gasteiger partial charge in [0.25, 0.3) is 0 Å². The molecule has 0 saturated heterocycles. The van der Waals surface area contributed by atoms with Crippen LogP contribution < -0.4 is 5.32 Å². The normalized spacial score (nSPS) is 10.8. The molecule has 3 rings (SSSR count). The minimum absolute atomic E-state index is 0.341. The summed E-state index contributed by atoms with van der Waals surface area (Å²) in [4.78, 5) is 29.4. The van der Waals surface area contributed by atoms with E-state index in [9.17, 15) is 4.79 Å². The molecule has 0 aliphatic carbocycles. The number of benzene rings is 1. The highest BCUT2D eigenvalue weighted by molar-refractivity contribution is 5.91. The van der Waals surface area contributed by atoms with Crippen molar-refractivity contribution in [3.05, 3.63) is 46.4 Å². The van der Waals surface area contributed by atoms with E-state index in [0.717, 1.165) is 22.2 Å². The molecule has 0 aliphatic rings. The van der Waals surface area contributed by atoms with Gasteiger partial charge in [-0.15, -0.1) is 0 Å². The minimum atomic E-state index is -0.449. The number of nitrogens with one attached hydrogen (secondary N) is 1. The number of aryl methyl sites for hydroxylation is 4. The molecule has 128 valence electrons.